The Hall–Kier alpha value is -1.51. The van der Waals surface area contributed by atoms with Crippen LogP contribution in [0.2, 0.25) is 0 Å². The van der Waals surface area contributed by atoms with Gasteiger partial charge in [-0.1, -0.05) is 52.4 Å². The van der Waals surface area contributed by atoms with Gasteiger partial charge in [0.25, 0.3) is 5.91 Å². The van der Waals surface area contributed by atoms with Gasteiger partial charge in [-0.05, 0) is 43.0 Å². The van der Waals surface area contributed by atoms with Crippen LogP contribution in [0.1, 0.15) is 75.6 Å². The van der Waals surface area contributed by atoms with Gasteiger partial charge in [0.1, 0.15) is 5.75 Å². The molecule has 3 nitrogen and oxygen atoms in total. The monoisotopic (exact) mass is 319 g/mol. The number of hydrogen-bond acceptors (Lipinski definition) is 2. The zero-order chi connectivity index (χ0) is 16.9. The Balaban J connectivity index is 2.44. The average molecular weight is 319 g/mol. The second-order valence-corrected chi connectivity index (χ2v) is 6.27. The van der Waals surface area contributed by atoms with E-state index in [1.807, 2.05) is 24.3 Å². The summed E-state index contributed by atoms with van der Waals surface area (Å²) in [5, 5.41) is 2.63. The molecule has 1 N–H and O–H groups in total. The molecule has 0 spiro atoms. The van der Waals surface area contributed by atoms with Gasteiger partial charge in [-0.2, -0.15) is 0 Å². The smallest absolute Gasteiger partial charge is 0.251 e. The SMILES string of the molecule is CCCCCCC(CCCC)COc1ccc(C(=O)NC)cc1. The first kappa shape index (κ1) is 19.5. The van der Waals surface area contributed by atoms with Crippen molar-refractivity contribution in [1.29, 1.82) is 0 Å². The van der Waals surface area contributed by atoms with E-state index in [1.54, 1.807) is 7.05 Å². The van der Waals surface area contributed by atoms with Crippen LogP contribution in [-0.4, -0.2) is 19.6 Å². The first-order chi connectivity index (χ1) is 11.2. The predicted molar refractivity (Wildman–Crippen MR) is 97.1 cm³/mol. The minimum absolute atomic E-state index is 0.0618. The maximum atomic E-state index is 11.5. The van der Waals surface area contributed by atoms with Gasteiger partial charge in [-0.3, -0.25) is 4.79 Å². The van der Waals surface area contributed by atoms with Crippen LogP contribution in [0.4, 0.5) is 0 Å². The summed E-state index contributed by atoms with van der Waals surface area (Å²) in [5.41, 5.74) is 0.668. The van der Waals surface area contributed by atoms with Crippen LogP contribution in [0.25, 0.3) is 0 Å². The van der Waals surface area contributed by atoms with E-state index in [1.165, 1.54) is 51.4 Å². The molecule has 0 saturated heterocycles. The Morgan fingerprint density at radius 2 is 1.65 bits per heavy atom. The summed E-state index contributed by atoms with van der Waals surface area (Å²) in [6.45, 7) is 5.28. The molecule has 1 amide bonds. The highest BCUT2D eigenvalue weighted by Crippen LogP contribution is 2.20. The molecule has 0 saturated carbocycles. The highest BCUT2D eigenvalue weighted by Gasteiger charge is 2.10. The lowest BCUT2D eigenvalue weighted by atomic mass is 9.96. The number of carbonyl (C=O) groups is 1. The van der Waals surface area contributed by atoms with Crippen molar-refractivity contribution in [1.82, 2.24) is 5.32 Å². The fourth-order valence-electron chi connectivity index (χ4n) is 2.72. The maximum absolute atomic E-state index is 11.5. The summed E-state index contributed by atoms with van der Waals surface area (Å²) in [5.74, 6) is 1.44. The molecule has 0 aliphatic carbocycles. The molecule has 1 aromatic carbocycles. The third kappa shape index (κ3) is 8.06. The Morgan fingerprint density at radius 1 is 1.00 bits per heavy atom. The molecule has 0 aromatic heterocycles. The van der Waals surface area contributed by atoms with Crippen LogP contribution in [0.3, 0.4) is 0 Å². The molecule has 0 fully saturated rings. The van der Waals surface area contributed by atoms with Crippen molar-refractivity contribution in [2.24, 2.45) is 5.92 Å². The molecule has 0 radical (unpaired) electrons. The molecule has 1 aromatic rings. The minimum Gasteiger partial charge on any atom is -0.493 e. The number of carbonyl (C=O) groups excluding carboxylic acids is 1. The largest absolute Gasteiger partial charge is 0.493 e. The Kier molecular flexibility index (Phi) is 10.2. The Labute approximate surface area is 141 Å². The fraction of sp³-hybridized carbons (Fsp3) is 0.650. The molecule has 0 heterocycles. The number of benzene rings is 1. The molecule has 1 atom stereocenters. The van der Waals surface area contributed by atoms with Crippen molar-refractivity contribution in [3.05, 3.63) is 29.8 Å². The van der Waals surface area contributed by atoms with Crippen LogP contribution in [0.5, 0.6) is 5.75 Å². The van der Waals surface area contributed by atoms with E-state index in [4.69, 9.17) is 4.74 Å². The van der Waals surface area contributed by atoms with E-state index < -0.39 is 0 Å². The number of nitrogens with one attached hydrogen (secondary N) is 1. The lowest BCUT2D eigenvalue weighted by Crippen LogP contribution is -2.17. The van der Waals surface area contributed by atoms with Gasteiger partial charge in [-0.25, -0.2) is 0 Å². The molecule has 3 heteroatoms. The molecule has 0 aliphatic heterocycles. The lowest BCUT2D eigenvalue weighted by molar-refractivity contribution is 0.0963. The van der Waals surface area contributed by atoms with Crippen LogP contribution in [0.15, 0.2) is 24.3 Å². The van der Waals surface area contributed by atoms with Gasteiger partial charge < -0.3 is 10.1 Å². The molecular formula is C20H33NO2. The number of hydrogen-bond donors (Lipinski definition) is 1. The van der Waals surface area contributed by atoms with E-state index >= 15 is 0 Å². The van der Waals surface area contributed by atoms with Crippen molar-refractivity contribution in [2.75, 3.05) is 13.7 Å². The number of rotatable bonds is 12. The molecule has 1 unspecified atom stereocenters. The van der Waals surface area contributed by atoms with Crippen LogP contribution >= 0.6 is 0 Å². The lowest BCUT2D eigenvalue weighted by Gasteiger charge is -2.17. The van der Waals surface area contributed by atoms with Crippen molar-refractivity contribution >= 4 is 5.91 Å². The molecule has 23 heavy (non-hydrogen) atoms. The quantitative estimate of drug-likeness (QED) is 0.538. The van der Waals surface area contributed by atoms with E-state index in [2.05, 4.69) is 19.2 Å². The van der Waals surface area contributed by atoms with Gasteiger partial charge in [0.05, 0.1) is 6.61 Å². The predicted octanol–water partition coefficient (Wildman–Crippen LogP) is 5.20. The van der Waals surface area contributed by atoms with Crippen molar-refractivity contribution in [3.8, 4) is 5.75 Å². The summed E-state index contributed by atoms with van der Waals surface area (Å²) in [7, 11) is 1.64. The molecule has 0 aliphatic rings. The zero-order valence-corrected chi connectivity index (χ0v) is 15.1. The molecule has 130 valence electrons. The zero-order valence-electron chi connectivity index (χ0n) is 15.1. The number of amides is 1. The minimum atomic E-state index is -0.0618. The van der Waals surface area contributed by atoms with Gasteiger partial charge in [-0.15, -0.1) is 0 Å². The molecule has 0 bridgehead atoms. The maximum Gasteiger partial charge on any atom is 0.251 e. The molecular weight excluding hydrogens is 286 g/mol. The van der Waals surface area contributed by atoms with Crippen molar-refractivity contribution in [3.63, 3.8) is 0 Å². The topological polar surface area (TPSA) is 38.3 Å². The second kappa shape index (κ2) is 12.0. The van der Waals surface area contributed by atoms with E-state index in [-0.39, 0.29) is 5.91 Å². The normalized spacial score (nSPS) is 12.0. The number of unbranched alkanes of at least 4 members (excludes halogenated alkanes) is 4. The first-order valence-corrected chi connectivity index (χ1v) is 9.16. The van der Waals surface area contributed by atoms with Crippen molar-refractivity contribution < 1.29 is 9.53 Å². The molecule has 1 rings (SSSR count). The third-order valence-electron chi connectivity index (χ3n) is 4.26. The standard InChI is InChI=1S/C20H33NO2/c1-4-6-8-9-11-17(10-7-5-2)16-23-19-14-12-18(13-15-19)20(22)21-3/h12-15,17H,4-11,16H2,1-3H3,(H,21,22). The van der Waals surface area contributed by atoms with Gasteiger partial charge in [0.15, 0.2) is 0 Å². The Morgan fingerprint density at radius 3 is 2.26 bits per heavy atom. The highest BCUT2D eigenvalue weighted by molar-refractivity contribution is 5.94. The average Bonchev–Trinajstić information content (AvgIpc) is 2.60. The van der Waals surface area contributed by atoms with E-state index in [0.29, 0.717) is 11.5 Å². The van der Waals surface area contributed by atoms with Crippen molar-refractivity contribution in [2.45, 2.75) is 65.2 Å². The van der Waals surface area contributed by atoms with Gasteiger partial charge >= 0.3 is 0 Å². The third-order valence-corrected chi connectivity index (χ3v) is 4.26. The summed E-state index contributed by atoms with van der Waals surface area (Å²) in [6.07, 6.45) is 10.3. The summed E-state index contributed by atoms with van der Waals surface area (Å²) in [6, 6.07) is 7.41. The van der Waals surface area contributed by atoms with E-state index in [9.17, 15) is 4.79 Å². The second-order valence-electron chi connectivity index (χ2n) is 6.27. The van der Waals surface area contributed by atoms with Crippen LogP contribution in [-0.2, 0) is 0 Å². The van der Waals surface area contributed by atoms with Gasteiger partial charge in [0.2, 0.25) is 0 Å². The first-order valence-electron chi connectivity index (χ1n) is 9.16. The summed E-state index contributed by atoms with van der Waals surface area (Å²) in [4.78, 5) is 11.5. The van der Waals surface area contributed by atoms with E-state index in [0.717, 1.165) is 12.4 Å². The fourth-order valence-corrected chi connectivity index (χ4v) is 2.72. The highest BCUT2D eigenvalue weighted by atomic mass is 16.5. The van der Waals surface area contributed by atoms with Crippen LogP contribution < -0.4 is 10.1 Å². The van der Waals surface area contributed by atoms with Crippen LogP contribution in [0, 0.1) is 5.92 Å². The van der Waals surface area contributed by atoms with Gasteiger partial charge in [0, 0.05) is 12.6 Å². The Bertz CT molecular complexity index is 428. The number of ether oxygens (including phenoxy) is 1. The summed E-state index contributed by atoms with van der Waals surface area (Å²) < 4.78 is 5.96. The summed E-state index contributed by atoms with van der Waals surface area (Å²) >= 11 is 0.